The smallest absolute Gasteiger partial charge is 0.135 e. The minimum atomic E-state index is 0.329. The third kappa shape index (κ3) is 3.66. The van der Waals surface area contributed by atoms with Gasteiger partial charge >= 0.3 is 0 Å². The Bertz CT molecular complexity index is 468. The molecule has 1 atom stereocenters. The Balaban J connectivity index is 2.28. The Hall–Kier alpha value is -1.32. The number of nitrogens with one attached hydrogen (secondary N) is 2. The van der Waals surface area contributed by atoms with E-state index in [2.05, 4.69) is 55.2 Å². The summed E-state index contributed by atoms with van der Waals surface area (Å²) in [5, 5.41) is 7.09. The third-order valence-corrected chi connectivity index (χ3v) is 4.62. The lowest BCUT2D eigenvalue weighted by Gasteiger charge is -2.39. The van der Waals surface area contributed by atoms with Gasteiger partial charge in [0, 0.05) is 18.2 Å². The molecular weight excluding hydrogens is 260 g/mol. The molecule has 0 saturated heterocycles. The maximum absolute atomic E-state index is 4.54. The molecule has 0 aliphatic heterocycles. The predicted octanol–water partition coefficient (Wildman–Crippen LogP) is 4.41. The van der Waals surface area contributed by atoms with E-state index in [1.54, 1.807) is 6.33 Å². The topological polar surface area (TPSA) is 49.8 Å². The second kappa shape index (κ2) is 6.63. The average molecular weight is 290 g/mol. The van der Waals surface area contributed by atoms with Gasteiger partial charge in [0.2, 0.25) is 0 Å². The zero-order valence-electron chi connectivity index (χ0n) is 14.2. The van der Waals surface area contributed by atoms with E-state index >= 15 is 0 Å². The quantitative estimate of drug-likeness (QED) is 0.843. The van der Waals surface area contributed by atoms with E-state index in [0.717, 1.165) is 18.2 Å². The molecule has 2 rings (SSSR count). The molecule has 2 N–H and O–H groups in total. The van der Waals surface area contributed by atoms with E-state index in [4.69, 9.17) is 0 Å². The largest absolute Gasteiger partial charge is 0.370 e. The SMILES string of the molecule is CCNc1ncnc(NC2CCCCC2(C)C)c1C(C)C. The Labute approximate surface area is 129 Å². The minimum absolute atomic E-state index is 0.329. The molecule has 1 aromatic rings. The molecule has 1 aliphatic carbocycles. The first-order chi connectivity index (χ1) is 9.95. The van der Waals surface area contributed by atoms with Crippen molar-refractivity contribution in [2.24, 2.45) is 5.41 Å². The fourth-order valence-corrected chi connectivity index (χ4v) is 3.29. The minimum Gasteiger partial charge on any atom is -0.370 e. The highest BCUT2D eigenvalue weighted by Crippen LogP contribution is 2.38. The van der Waals surface area contributed by atoms with Crippen molar-refractivity contribution in [3.05, 3.63) is 11.9 Å². The van der Waals surface area contributed by atoms with Gasteiger partial charge in [0.25, 0.3) is 0 Å². The number of hydrogen-bond acceptors (Lipinski definition) is 4. The van der Waals surface area contributed by atoms with Gasteiger partial charge in [0.05, 0.1) is 0 Å². The lowest BCUT2D eigenvalue weighted by atomic mass is 9.73. The highest BCUT2D eigenvalue weighted by molar-refractivity contribution is 5.59. The monoisotopic (exact) mass is 290 g/mol. The summed E-state index contributed by atoms with van der Waals surface area (Å²) in [6.45, 7) is 12.1. The molecule has 0 amide bonds. The molecule has 0 spiro atoms. The van der Waals surface area contributed by atoms with E-state index in [1.165, 1.54) is 31.2 Å². The van der Waals surface area contributed by atoms with Crippen molar-refractivity contribution in [2.45, 2.75) is 72.3 Å². The van der Waals surface area contributed by atoms with E-state index in [-0.39, 0.29) is 0 Å². The molecule has 1 aromatic heterocycles. The van der Waals surface area contributed by atoms with Crippen molar-refractivity contribution >= 4 is 11.6 Å². The van der Waals surface area contributed by atoms with Crippen molar-refractivity contribution in [2.75, 3.05) is 17.2 Å². The van der Waals surface area contributed by atoms with Crippen LogP contribution in [0, 0.1) is 5.41 Å². The predicted molar refractivity (Wildman–Crippen MR) is 89.9 cm³/mol. The van der Waals surface area contributed by atoms with Crippen LogP contribution in [0.2, 0.25) is 0 Å². The molecule has 4 nitrogen and oxygen atoms in total. The Kier molecular flexibility index (Phi) is 5.07. The molecule has 1 fully saturated rings. The molecule has 1 saturated carbocycles. The molecule has 21 heavy (non-hydrogen) atoms. The molecular formula is C17H30N4. The van der Waals surface area contributed by atoms with Gasteiger partial charge in [-0.3, -0.25) is 0 Å². The van der Waals surface area contributed by atoms with Gasteiger partial charge in [-0.1, -0.05) is 40.5 Å². The molecule has 0 radical (unpaired) electrons. The lowest BCUT2D eigenvalue weighted by Crippen LogP contribution is -2.39. The summed E-state index contributed by atoms with van der Waals surface area (Å²) in [4.78, 5) is 8.96. The van der Waals surface area contributed by atoms with Crippen LogP contribution >= 0.6 is 0 Å². The van der Waals surface area contributed by atoms with Gasteiger partial charge < -0.3 is 10.6 Å². The van der Waals surface area contributed by atoms with Crippen molar-refractivity contribution in [3.8, 4) is 0 Å². The normalized spacial score (nSPS) is 21.3. The highest BCUT2D eigenvalue weighted by atomic mass is 15.1. The number of aromatic nitrogens is 2. The summed E-state index contributed by atoms with van der Waals surface area (Å²) < 4.78 is 0. The van der Waals surface area contributed by atoms with Crippen LogP contribution in [-0.2, 0) is 0 Å². The molecule has 1 heterocycles. The molecule has 4 heteroatoms. The first-order valence-electron chi connectivity index (χ1n) is 8.31. The first-order valence-corrected chi connectivity index (χ1v) is 8.31. The lowest BCUT2D eigenvalue weighted by molar-refractivity contribution is 0.216. The van der Waals surface area contributed by atoms with Crippen LogP contribution in [0.25, 0.3) is 0 Å². The molecule has 1 aliphatic rings. The number of nitrogens with zero attached hydrogens (tertiary/aromatic N) is 2. The number of rotatable bonds is 5. The van der Waals surface area contributed by atoms with Gasteiger partial charge in [-0.2, -0.15) is 0 Å². The zero-order chi connectivity index (χ0) is 15.5. The van der Waals surface area contributed by atoms with Gasteiger partial charge in [-0.25, -0.2) is 9.97 Å². The molecule has 0 aromatic carbocycles. The summed E-state index contributed by atoms with van der Waals surface area (Å²) in [6, 6.07) is 0.494. The summed E-state index contributed by atoms with van der Waals surface area (Å²) in [5.74, 6) is 2.38. The summed E-state index contributed by atoms with van der Waals surface area (Å²) in [5.41, 5.74) is 1.54. The van der Waals surface area contributed by atoms with E-state index in [1.807, 2.05) is 0 Å². The number of anilines is 2. The first kappa shape index (κ1) is 16.1. The summed E-state index contributed by atoms with van der Waals surface area (Å²) in [7, 11) is 0. The van der Waals surface area contributed by atoms with Crippen LogP contribution in [0.1, 0.15) is 71.8 Å². The molecule has 118 valence electrons. The molecule has 0 bridgehead atoms. The summed E-state index contributed by atoms with van der Waals surface area (Å²) >= 11 is 0. The van der Waals surface area contributed by atoms with Crippen LogP contribution < -0.4 is 10.6 Å². The standard InChI is InChI=1S/C17H30N4/c1-6-18-15-14(12(2)3)16(20-11-19-15)21-13-9-7-8-10-17(13,4)5/h11-13H,6-10H2,1-5H3,(H2,18,19,20,21). The van der Waals surface area contributed by atoms with Gasteiger partial charge in [-0.05, 0) is 31.1 Å². The fourth-order valence-electron chi connectivity index (χ4n) is 3.29. The Morgan fingerprint density at radius 2 is 1.95 bits per heavy atom. The van der Waals surface area contributed by atoms with Crippen LogP contribution in [-0.4, -0.2) is 22.6 Å². The second-order valence-electron chi connectivity index (χ2n) is 7.10. The Morgan fingerprint density at radius 1 is 1.24 bits per heavy atom. The fraction of sp³-hybridized carbons (Fsp3) is 0.765. The second-order valence-corrected chi connectivity index (χ2v) is 7.10. The van der Waals surface area contributed by atoms with Crippen LogP contribution in [0.3, 0.4) is 0 Å². The van der Waals surface area contributed by atoms with Crippen molar-refractivity contribution < 1.29 is 0 Å². The van der Waals surface area contributed by atoms with Gasteiger partial charge in [-0.15, -0.1) is 0 Å². The van der Waals surface area contributed by atoms with E-state index < -0.39 is 0 Å². The highest BCUT2D eigenvalue weighted by Gasteiger charge is 2.33. The average Bonchev–Trinajstić information content (AvgIpc) is 2.41. The van der Waals surface area contributed by atoms with E-state index in [0.29, 0.717) is 17.4 Å². The van der Waals surface area contributed by atoms with Crippen LogP contribution in [0.15, 0.2) is 6.33 Å². The van der Waals surface area contributed by atoms with Crippen molar-refractivity contribution in [3.63, 3.8) is 0 Å². The summed E-state index contributed by atoms with van der Waals surface area (Å²) in [6.07, 6.45) is 6.83. The maximum atomic E-state index is 4.54. The van der Waals surface area contributed by atoms with Crippen molar-refractivity contribution in [1.29, 1.82) is 0 Å². The Morgan fingerprint density at radius 3 is 2.57 bits per heavy atom. The number of hydrogen-bond donors (Lipinski definition) is 2. The van der Waals surface area contributed by atoms with Crippen molar-refractivity contribution in [1.82, 2.24) is 9.97 Å². The molecule has 1 unspecified atom stereocenters. The third-order valence-electron chi connectivity index (χ3n) is 4.62. The van der Waals surface area contributed by atoms with Crippen LogP contribution in [0.5, 0.6) is 0 Å². The van der Waals surface area contributed by atoms with Crippen LogP contribution in [0.4, 0.5) is 11.6 Å². The van der Waals surface area contributed by atoms with Gasteiger partial charge in [0.1, 0.15) is 18.0 Å². The van der Waals surface area contributed by atoms with E-state index in [9.17, 15) is 0 Å². The maximum Gasteiger partial charge on any atom is 0.135 e. The zero-order valence-corrected chi connectivity index (χ0v) is 14.2. The van der Waals surface area contributed by atoms with Gasteiger partial charge in [0.15, 0.2) is 0 Å².